The first-order chi connectivity index (χ1) is 12.8. The fourth-order valence-electron chi connectivity index (χ4n) is 3.17. The SMILES string of the molecule is COC(=O)[C@H]1Cc2ccccc2CN1S(=O)(=O)c1ccc(C)c([N+](=O)[O-])c1. The first-order valence-electron chi connectivity index (χ1n) is 8.17. The Bertz CT molecular complexity index is 1020. The van der Waals surface area contributed by atoms with Gasteiger partial charge in [0.2, 0.25) is 10.0 Å². The summed E-state index contributed by atoms with van der Waals surface area (Å²) in [5.74, 6) is -0.672. The Morgan fingerprint density at radius 1 is 1.22 bits per heavy atom. The highest BCUT2D eigenvalue weighted by atomic mass is 32.2. The van der Waals surface area contributed by atoms with Crippen LogP contribution in [0.3, 0.4) is 0 Å². The molecule has 3 rings (SSSR count). The van der Waals surface area contributed by atoms with Crippen molar-refractivity contribution in [3.8, 4) is 0 Å². The molecule has 9 heteroatoms. The Labute approximate surface area is 156 Å². The molecule has 0 fully saturated rings. The summed E-state index contributed by atoms with van der Waals surface area (Å²) < 4.78 is 32.3. The van der Waals surface area contributed by atoms with Crippen LogP contribution in [0.15, 0.2) is 47.4 Å². The lowest BCUT2D eigenvalue weighted by molar-refractivity contribution is -0.385. The zero-order valence-corrected chi connectivity index (χ0v) is 15.6. The van der Waals surface area contributed by atoms with Gasteiger partial charge in [-0.15, -0.1) is 0 Å². The number of ether oxygens (including phenoxy) is 1. The Kier molecular flexibility index (Phi) is 4.99. The van der Waals surface area contributed by atoms with Gasteiger partial charge in [-0.3, -0.25) is 14.9 Å². The number of methoxy groups -OCH3 is 1. The molecule has 0 saturated heterocycles. The summed E-state index contributed by atoms with van der Waals surface area (Å²) >= 11 is 0. The Morgan fingerprint density at radius 2 is 1.89 bits per heavy atom. The number of hydrogen-bond acceptors (Lipinski definition) is 6. The van der Waals surface area contributed by atoms with E-state index in [9.17, 15) is 23.3 Å². The molecular formula is C18H18N2O6S. The highest BCUT2D eigenvalue weighted by Crippen LogP contribution is 2.31. The lowest BCUT2D eigenvalue weighted by Crippen LogP contribution is -2.49. The molecule has 0 aromatic heterocycles. The summed E-state index contributed by atoms with van der Waals surface area (Å²) in [5.41, 5.74) is 1.72. The van der Waals surface area contributed by atoms with E-state index in [1.54, 1.807) is 12.1 Å². The van der Waals surface area contributed by atoms with Gasteiger partial charge in [0.05, 0.1) is 16.9 Å². The highest BCUT2D eigenvalue weighted by Gasteiger charge is 2.40. The fourth-order valence-corrected chi connectivity index (χ4v) is 4.75. The number of nitro groups is 1. The number of aryl methyl sites for hydroxylation is 1. The van der Waals surface area contributed by atoms with Gasteiger partial charge in [0, 0.05) is 24.6 Å². The minimum Gasteiger partial charge on any atom is -0.468 e. The summed E-state index contributed by atoms with van der Waals surface area (Å²) in [6.45, 7) is 1.52. The van der Waals surface area contributed by atoms with Crippen LogP contribution in [0.2, 0.25) is 0 Å². The lowest BCUT2D eigenvalue weighted by Gasteiger charge is -2.34. The monoisotopic (exact) mass is 390 g/mol. The highest BCUT2D eigenvalue weighted by molar-refractivity contribution is 7.89. The van der Waals surface area contributed by atoms with Crippen molar-refractivity contribution in [2.24, 2.45) is 0 Å². The van der Waals surface area contributed by atoms with E-state index in [0.29, 0.717) is 5.56 Å². The van der Waals surface area contributed by atoms with E-state index >= 15 is 0 Å². The zero-order chi connectivity index (χ0) is 19.8. The number of esters is 1. The molecular weight excluding hydrogens is 372 g/mol. The van der Waals surface area contributed by atoms with Crippen LogP contribution in [0.1, 0.15) is 16.7 Å². The minimum atomic E-state index is -4.15. The van der Waals surface area contributed by atoms with Crippen molar-refractivity contribution in [2.45, 2.75) is 30.8 Å². The molecule has 0 N–H and O–H groups in total. The van der Waals surface area contributed by atoms with Crippen molar-refractivity contribution in [3.05, 3.63) is 69.3 Å². The average molecular weight is 390 g/mol. The normalized spacial score (nSPS) is 17.2. The molecule has 0 radical (unpaired) electrons. The van der Waals surface area contributed by atoms with Crippen LogP contribution in [0.5, 0.6) is 0 Å². The van der Waals surface area contributed by atoms with E-state index < -0.39 is 27.0 Å². The molecule has 142 valence electrons. The summed E-state index contributed by atoms with van der Waals surface area (Å²) in [6.07, 6.45) is 0.177. The second-order valence-electron chi connectivity index (χ2n) is 6.27. The number of fused-ring (bicyclic) bond motifs is 1. The van der Waals surface area contributed by atoms with Gasteiger partial charge in [0.15, 0.2) is 0 Å². The van der Waals surface area contributed by atoms with Gasteiger partial charge >= 0.3 is 5.97 Å². The van der Waals surface area contributed by atoms with Gasteiger partial charge in [-0.25, -0.2) is 8.42 Å². The Hall–Kier alpha value is -2.78. The summed E-state index contributed by atoms with van der Waals surface area (Å²) in [5, 5.41) is 11.2. The van der Waals surface area contributed by atoms with Gasteiger partial charge in [0.25, 0.3) is 5.69 Å². The topological polar surface area (TPSA) is 107 Å². The molecule has 1 aliphatic heterocycles. The number of carbonyl (C=O) groups excluding carboxylic acids is 1. The van der Waals surface area contributed by atoms with E-state index in [4.69, 9.17) is 4.74 Å². The van der Waals surface area contributed by atoms with Crippen LogP contribution in [0.25, 0.3) is 0 Å². The third kappa shape index (κ3) is 3.43. The number of hydrogen-bond donors (Lipinski definition) is 0. The van der Waals surface area contributed by atoms with Gasteiger partial charge in [-0.2, -0.15) is 4.31 Å². The van der Waals surface area contributed by atoms with E-state index in [-0.39, 0.29) is 23.5 Å². The molecule has 2 aromatic rings. The van der Waals surface area contributed by atoms with E-state index in [0.717, 1.165) is 21.5 Å². The predicted octanol–water partition coefficient (Wildman–Crippen LogP) is 2.19. The molecule has 1 heterocycles. The Morgan fingerprint density at radius 3 is 2.52 bits per heavy atom. The smallest absolute Gasteiger partial charge is 0.324 e. The summed E-state index contributed by atoms with van der Waals surface area (Å²) in [7, 11) is -2.95. The van der Waals surface area contributed by atoms with Crippen molar-refractivity contribution >= 4 is 21.7 Å². The number of carbonyl (C=O) groups is 1. The molecule has 0 amide bonds. The average Bonchev–Trinajstić information content (AvgIpc) is 2.66. The molecule has 0 unspecified atom stereocenters. The molecule has 0 saturated carbocycles. The van der Waals surface area contributed by atoms with Crippen molar-refractivity contribution in [1.82, 2.24) is 4.31 Å². The van der Waals surface area contributed by atoms with Gasteiger partial charge in [0.1, 0.15) is 6.04 Å². The maximum atomic E-state index is 13.2. The molecule has 8 nitrogen and oxygen atoms in total. The van der Waals surface area contributed by atoms with Crippen LogP contribution in [-0.4, -0.2) is 36.8 Å². The van der Waals surface area contributed by atoms with E-state index in [1.807, 2.05) is 12.1 Å². The molecule has 1 aliphatic rings. The van der Waals surface area contributed by atoms with Crippen molar-refractivity contribution in [1.29, 1.82) is 0 Å². The van der Waals surface area contributed by atoms with Crippen LogP contribution in [0.4, 0.5) is 5.69 Å². The number of sulfonamides is 1. The van der Waals surface area contributed by atoms with Crippen LogP contribution < -0.4 is 0 Å². The number of rotatable bonds is 4. The third-order valence-electron chi connectivity index (χ3n) is 4.66. The fraction of sp³-hybridized carbons (Fsp3) is 0.278. The quantitative estimate of drug-likeness (QED) is 0.450. The Balaban J connectivity index is 2.10. The maximum absolute atomic E-state index is 13.2. The largest absolute Gasteiger partial charge is 0.468 e. The van der Waals surface area contributed by atoms with Crippen LogP contribution in [0, 0.1) is 17.0 Å². The first-order valence-corrected chi connectivity index (χ1v) is 9.61. The standard InChI is InChI=1S/C18H18N2O6S/c1-12-7-8-15(10-16(12)20(22)23)27(24,25)19-11-14-6-4-3-5-13(14)9-17(19)18(21)26-2/h3-8,10,17H,9,11H2,1-2H3/t17-/m1/s1. The third-order valence-corrected chi connectivity index (χ3v) is 6.51. The van der Waals surface area contributed by atoms with Crippen molar-refractivity contribution in [3.63, 3.8) is 0 Å². The molecule has 0 bridgehead atoms. The molecule has 1 atom stereocenters. The summed E-state index contributed by atoms with van der Waals surface area (Å²) in [4.78, 5) is 22.6. The van der Waals surface area contributed by atoms with Crippen molar-refractivity contribution < 1.29 is 22.9 Å². The molecule has 27 heavy (non-hydrogen) atoms. The molecule has 0 spiro atoms. The number of nitrogens with zero attached hydrogens (tertiary/aromatic N) is 2. The number of nitro benzene ring substituents is 1. The lowest BCUT2D eigenvalue weighted by atomic mass is 9.96. The second-order valence-corrected chi connectivity index (χ2v) is 8.16. The molecule has 0 aliphatic carbocycles. The first kappa shape index (κ1) is 19.0. The maximum Gasteiger partial charge on any atom is 0.324 e. The van der Waals surface area contributed by atoms with Crippen LogP contribution in [-0.2, 0) is 32.5 Å². The van der Waals surface area contributed by atoms with Crippen LogP contribution >= 0.6 is 0 Å². The van der Waals surface area contributed by atoms with Gasteiger partial charge < -0.3 is 4.74 Å². The second kappa shape index (κ2) is 7.09. The van der Waals surface area contributed by atoms with Gasteiger partial charge in [-0.1, -0.05) is 30.3 Å². The predicted molar refractivity (Wildman–Crippen MR) is 96.5 cm³/mol. The summed E-state index contributed by atoms with van der Waals surface area (Å²) in [6, 6.07) is 9.94. The van der Waals surface area contributed by atoms with Gasteiger partial charge in [-0.05, 0) is 24.1 Å². The van der Waals surface area contributed by atoms with Crippen molar-refractivity contribution in [2.75, 3.05) is 7.11 Å². The number of benzene rings is 2. The molecule has 2 aromatic carbocycles. The zero-order valence-electron chi connectivity index (χ0n) is 14.8. The van der Waals surface area contributed by atoms with E-state index in [2.05, 4.69) is 0 Å². The minimum absolute atomic E-state index is 0.0139. The van der Waals surface area contributed by atoms with E-state index in [1.165, 1.54) is 26.2 Å².